The minimum Gasteiger partial charge on any atom is -0.369 e. The van der Waals surface area contributed by atoms with E-state index >= 15 is 0 Å². The maximum Gasteiger partial charge on any atom is 0.0412 e. The highest BCUT2D eigenvalue weighted by Gasteiger charge is 2.16. The van der Waals surface area contributed by atoms with Gasteiger partial charge in [0.05, 0.1) is 0 Å². The van der Waals surface area contributed by atoms with E-state index in [1.54, 1.807) is 0 Å². The van der Waals surface area contributed by atoms with Crippen molar-refractivity contribution >= 4 is 5.69 Å². The van der Waals surface area contributed by atoms with E-state index in [1.165, 1.54) is 16.8 Å². The van der Waals surface area contributed by atoms with E-state index in [0.29, 0.717) is 6.54 Å². The Balaban J connectivity index is 2.19. The molecule has 2 rings (SSSR count). The van der Waals surface area contributed by atoms with Gasteiger partial charge in [-0.15, -0.1) is 0 Å². The topological polar surface area (TPSA) is 32.5 Å². The fourth-order valence-electron chi connectivity index (χ4n) is 2.23. The summed E-state index contributed by atoms with van der Waals surface area (Å²) in [5, 5.41) is 0. The average molecular weight is 219 g/mol. The molecule has 3 heteroatoms. The van der Waals surface area contributed by atoms with Crippen LogP contribution in [0.1, 0.15) is 11.1 Å². The zero-order chi connectivity index (χ0) is 11.5. The van der Waals surface area contributed by atoms with Crippen molar-refractivity contribution in [2.45, 2.75) is 13.5 Å². The first-order chi connectivity index (χ1) is 7.70. The Labute approximate surface area is 97.8 Å². The van der Waals surface area contributed by atoms with Crippen LogP contribution in [0.4, 0.5) is 5.69 Å². The van der Waals surface area contributed by atoms with Crippen molar-refractivity contribution in [2.75, 3.05) is 38.1 Å². The number of hydrogen-bond acceptors (Lipinski definition) is 3. The van der Waals surface area contributed by atoms with Crippen molar-refractivity contribution in [3.8, 4) is 0 Å². The Morgan fingerprint density at radius 2 is 1.88 bits per heavy atom. The monoisotopic (exact) mass is 219 g/mol. The van der Waals surface area contributed by atoms with Gasteiger partial charge in [0.1, 0.15) is 0 Å². The van der Waals surface area contributed by atoms with E-state index in [9.17, 15) is 0 Å². The van der Waals surface area contributed by atoms with E-state index in [1.807, 2.05) is 0 Å². The number of anilines is 1. The van der Waals surface area contributed by atoms with Crippen molar-refractivity contribution in [2.24, 2.45) is 5.73 Å². The summed E-state index contributed by atoms with van der Waals surface area (Å²) >= 11 is 0. The van der Waals surface area contributed by atoms with Crippen molar-refractivity contribution in [3.05, 3.63) is 29.3 Å². The Bertz CT molecular complexity index is 354. The summed E-state index contributed by atoms with van der Waals surface area (Å²) in [6.45, 7) is 7.23. The number of hydrogen-bond donors (Lipinski definition) is 1. The van der Waals surface area contributed by atoms with Crippen LogP contribution in [-0.2, 0) is 6.54 Å². The largest absolute Gasteiger partial charge is 0.369 e. The molecule has 0 bridgehead atoms. The number of aryl methyl sites for hydroxylation is 1. The van der Waals surface area contributed by atoms with Crippen molar-refractivity contribution in [3.63, 3.8) is 0 Å². The molecule has 1 saturated heterocycles. The molecule has 16 heavy (non-hydrogen) atoms. The van der Waals surface area contributed by atoms with E-state index in [-0.39, 0.29) is 0 Å². The highest BCUT2D eigenvalue weighted by Crippen LogP contribution is 2.22. The SMILES string of the molecule is Cc1ccc(N2CCN(C)CC2)c(CN)c1. The van der Waals surface area contributed by atoms with E-state index < -0.39 is 0 Å². The fourth-order valence-corrected chi connectivity index (χ4v) is 2.23. The summed E-state index contributed by atoms with van der Waals surface area (Å²) in [6, 6.07) is 6.59. The fraction of sp³-hybridized carbons (Fsp3) is 0.538. The summed E-state index contributed by atoms with van der Waals surface area (Å²) in [7, 11) is 2.18. The van der Waals surface area contributed by atoms with Crippen LogP contribution >= 0.6 is 0 Å². The van der Waals surface area contributed by atoms with Crippen LogP contribution in [0, 0.1) is 6.92 Å². The van der Waals surface area contributed by atoms with Gasteiger partial charge in [0.15, 0.2) is 0 Å². The Morgan fingerprint density at radius 3 is 2.50 bits per heavy atom. The van der Waals surface area contributed by atoms with Gasteiger partial charge in [0, 0.05) is 38.4 Å². The minimum absolute atomic E-state index is 0.628. The van der Waals surface area contributed by atoms with Crippen molar-refractivity contribution < 1.29 is 0 Å². The second kappa shape index (κ2) is 4.85. The predicted octanol–water partition coefficient (Wildman–Crippen LogP) is 1.21. The molecule has 1 aromatic rings. The Hall–Kier alpha value is -1.06. The van der Waals surface area contributed by atoms with Gasteiger partial charge in [-0.25, -0.2) is 0 Å². The molecule has 1 heterocycles. The first-order valence-electron chi connectivity index (χ1n) is 5.94. The van der Waals surface area contributed by atoms with Gasteiger partial charge < -0.3 is 15.5 Å². The molecule has 0 aromatic heterocycles. The summed E-state index contributed by atoms with van der Waals surface area (Å²) < 4.78 is 0. The molecule has 0 unspecified atom stereocenters. The molecule has 0 radical (unpaired) electrons. The lowest BCUT2D eigenvalue weighted by molar-refractivity contribution is 0.312. The number of benzene rings is 1. The zero-order valence-corrected chi connectivity index (χ0v) is 10.2. The molecule has 0 spiro atoms. The number of nitrogens with zero attached hydrogens (tertiary/aromatic N) is 2. The molecule has 0 atom stereocenters. The highest BCUT2D eigenvalue weighted by molar-refractivity contribution is 5.55. The Morgan fingerprint density at radius 1 is 1.19 bits per heavy atom. The van der Waals surface area contributed by atoms with Crippen LogP contribution < -0.4 is 10.6 Å². The van der Waals surface area contributed by atoms with Crippen molar-refractivity contribution in [1.29, 1.82) is 0 Å². The summed E-state index contributed by atoms with van der Waals surface area (Å²) in [5.41, 5.74) is 9.70. The van der Waals surface area contributed by atoms with Gasteiger partial charge in [0.2, 0.25) is 0 Å². The summed E-state index contributed by atoms with van der Waals surface area (Å²) in [4.78, 5) is 4.81. The van der Waals surface area contributed by atoms with Gasteiger partial charge in [0.25, 0.3) is 0 Å². The molecule has 0 amide bonds. The smallest absolute Gasteiger partial charge is 0.0412 e. The van der Waals surface area contributed by atoms with E-state index in [0.717, 1.165) is 26.2 Å². The molecule has 1 fully saturated rings. The van der Waals surface area contributed by atoms with E-state index in [4.69, 9.17) is 5.73 Å². The molecule has 1 aliphatic heterocycles. The van der Waals surface area contributed by atoms with Crippen LogP contribution in [0.15, 0.2) is 18.2 Å². The van der Waals surface area contributed by atoms with Crippen LogP contribution in [0.2, 0.25) is 0 Å². The molecule has 1 aliphatic rings. The molecular formula is C13H21N3. The summed E-state index contributed by atoms with van der Waals surface area (Å²) in [5.74, 6) is 0. The third-order valence-electron chi connectivity index (χ3n) is 3.30. The molecular weight excluding hydrogens is 198 g/mol. The van der Waals surface area contributed by atoms with Gasteiger partial charge in [-0.2, -0.15) is 0 Å². The number of piperazine rings is 1. The molecule has 3 nitrogen and oxygen atoms in total. The number of rotatable bonds is 2. The highest BCUT2D eigenvalue weighted by atomic mass is 15.2. The predicted molar refractivity (Wildman–Crippen MR) is 68.8 cm³/mol. The number of likely N-dealkylation sites (N-methyl/N-ethyl adjacent to an activating group) is 1. The normalized spacial score (nSPS) is 17.8. The molecule has 1 aromatic carbocycles. The second-order valence-corrected chi connectivity index (χ2v) is 4.63. The van der Waals surface area contributed by atoms with Crippen molar-refractivity contribution in [1.82, 2.24) is 4.90 Å². The van der Waals surface area contributed by atoms with Crippen LogP contribution in [0.3, 0.4) is 0 Å². The molecule has 2 N–H and O–H groups in total. The lowest BCUT2D eigenvalue weighted by Crippen LogP contribution is -2.44. The van der Waals surface area contributed by atoms with Gasteiger partial charge >= 0.3 is 0 Å². The van der Waals surface area contributed by atoms with Crippen LogP contribution in [0.25, 0.3) is 0 Å². The first kappa shape index (κ1) is 11.4. The molecule has 88 valence electrons. The Kier molecular flexibility index (Phi) is 3.46. The lowest BCUT2D eigenvalue weighted by atomic mass is 10.1. The van der Waals surface area contributed by atoms with Crippen LogP contribution in [0.5, 0.6) is 0 Å². The molecule has 0 aliphatic carbocycles. The van der Waals surface area contributed by atoms with Crippen LogP contribution in [-0.4, -0.2) is 38.1 Å². The average Bonchev–Trinajstić information content (AvgIpc) is 2.30. The lowest BCUT2D eigenvalue weighted by Gasteiger charge is -2.35. The minimum atomic E-state index is 0.628. The maximum absolute atomic E-state index is 5.82. The van der Waals surface area contributed by atoms with Gasteiger partial charge in [-0.1, -0.05) is 17.7 Å². The van der Waals surface area contributed by atoms with Gasteiger partial charge in [-0.3, -0.25) is 0 Å². The second-order valence-electron chi connectivity index (χ2n) is 4.63. The first-order valence-corrected chi connectivity index (χ1v) is 5.94. The maximum atomic E-state index is 5.82. The van der Waals surface area contributed by atoms with Gasteiger partial charge in [-0.05, 0) is 25.6 Å². The van der Waals surface area contributed by atoms with E-state index in [2.05, 4.69) is 42.0 Å². The standard InChI is InChI=1S/C13H21N3/c1-11-3-4-13(12(9-11)10-14)16-7-5-15(2)6-8-16/h3-4,9H,5-8,10,14H2,1-2H3. The zero-order valence-electron chi connectivity index (χ0n) is 10.2. The molecule has 0 saturated carbocycles. The third kappa shape index (κ3) is 2.36. The number of nitrogens with two attached hydrogens (primary N) is 1. The summed E-state index contributed by atoms with van der Waals surface area (Å²) in [6.07, 6.45) is 0. The quantitative estimate of drug-likeness (QED) is 0.811. The third-order valence-corrected chi connectivity index (χ3v) is 3.30.